The molecule has 0 saturated carbocycles. The third-order valence-corrected chi connectivity index (χ3v) is 2.26. The highest BCUT2D eigenvalue weighted by Crippen LogP contribution is 2.24. The van der Waals surface area contributed by atoms with E-state index >= 15 is 0 Å². The summed E-state index contributed by atoms with van der Waals surface area (Å²) in [6, 6.07) is 0. The summed E-state index contributed by atoms with van der Waals surface area (Å²) in [7, 11) is 0. The summed E-state index contributed by atoms with van der Waals surface area (Å²) in [6.07, 6.45) is 3.60. The molecule has 1 unspecified atom stereocenters. The van der Waals surface area contributed by atoms with Crippen molar-refractivity contribution in [1.29, 1.82) is 0 Å². The molecule has 0 bridgehead atoms. The second-order valence-corrected chi connectivity index (χ2v) is 4.91. The Morgan fingerprint density at radius 1 is 1.31 bits per heavy atom. The van der Waals surface area contributed by atoms with Crippen LogP contribution in [0.3, 0.4) is 0 Å². The maximum atomic E-state index is 9.56. The molecule has 0 fully saturated rings. The summed E-state index contributed by atoms with van der Waals surface area (Å²) in [6.45, 7) is 16.5. The normalized spacial score (nSPS) is 14.1. The molecule has 0 heterocycles. The van der Waals surface area contributed by atoms with Crippen molar-refractivity contribution < 1.29 is 9.84 Å². The quantitative estimate of drug-likeness (QED) is 0.553. The molecule has 0 aliphatic heterocycles. The molecule has 92 valence electrons. The largest absolute Gasteiger partial charge is 0.364 e. The highest BCUT2D eigenvalue weighted by molar-refractivity contribution is 5.28. The number of aliphatic hydroxyl groups is 1. The predicted molar refractivity (Wildman–Crippen MR) is 69.1 cm³/mol. The molecule has 2 nitrogen and oxygen atoms in total. The minimum absolute atomic E-state index is 0.0337. The molecule has 16 heavy (non-hydrogen) atoms. The summed E-state index contributed by atoms with van der Waals surface area (Å²) in [4.78, 5) is 0. The predicted octanol–water partition coefficient (Wildman–Crippen LogP) is 3.45. The van der Waals surface area contributed by atoms with Crippen LogP contribution in [0, 0.1) is 5.41 Å². The van der Waals surface area contributed by atoms with Crippen LogP contribution in [0.2, 0.25) is 0 Å². The molecule has 0 saturated heterocycles. The number of rotatable bonds is 6. The molecule has 0 spiro atoms. The van der Waals surface area contributed by atoms with Gasteiger partial charge >= 0.3 is 0 Å². The van der Waals surface area contributed by atoms with Crippen molar-refractivity contribution in [3.8, 4) is 0 Å². The van der Waals surface area contributed by atoms with E-state index < -0.39 is 6.29 Å². The number of allylic oxidation sites excluding steroid dienone is 2. The third-order valence-electron chi connectivity index (χ3n) is 2.26. The van der Waals surface area contributed by atoms with Crippen LogP contribution in [0.1, 0.15) is 34.1 Å². The first-order chi connectivity index (χ1) is 7.29. The van der Waals surface area contributed by atoms with E-state index in [4.69, 9.17) is 4.74 Å². The summed E-state index contributed by atoms with van der Waals surface area (Å²) in [5, 5.41) is 9.56. The SMILES string of the molecule is C=C(C=CC(=C)C(C)(C)C)C(O)OCCC. The fourth-order valence-electron chi connectivity index (χ4n) is 0.876. The molecule has 0 aromatic carbocycles. The van der Waals surface area contributed by atoms with Gasteiger partial charge in [-0.15, -0.1) is 0 Å². The zero-order valence-electron chi connectivity index (χ0n) is 10.9. The summed E-state index contributed by atoms with van der Waals surface area (Å²) in [5.74, 6) is 0. The van der Waals surface area contributed by atoms with E-state index in [9.17, 15) is 5.11 Å². The Morgan fingerprint density at radius 2 is 1.88 bits per heavy atom. The maximum absolute atomic E-state index is 9.56. The van der Waals surface area contributed by atoms with Crippen molar-refractivity contribution in [1.82, 2.24) is 0 Å². The van der Waals surface area contributed by atoms with Crippen molar-refractivity contribution in [3.05, 3.63) is 36.5 Å². The van der Waals surface area contributed by atoms with Crippen molar-refractivity contribution in [2.75, 3.05) is 6.61 Å². The van der Waals surface area contributed by atoms with Crippen molar-refractivity contribution in [2.45, 2.75) is 40.4 Å². The zero-order chi connectivity index (χ0) is 12.8. The van der Waals surface area contributed by atoms with Crippen LogP contribution >= 0.6 is 0 Å². The second kappa shape index (κ2) is 6.66. The average molecular weight is 224 g/mol. The standard InChI is InChI=1S/C14H24O2/c1-7-10-16-13(15)11(2)8-9-12(3)14(4,5)6/h8-9,13,15H,2-3,7,10H2,1,4-6H3. The zero-order valence-corrected chi connectivity index (χ0v) is 10.9. The number of hydrogen-bond acceptors (Lipinski definition) is 2. The topological polar surface area (TPSA) is 29.5 Å². The molecular formula is C14H24O2. The van der Waals surface area contributed by atoms with Gasteiger partial charge in [-0.1, -0.05) is 53.0 Å². The van der Waals surface area contributed by atoms with E-state index in [-0.39, 0.29) is 5.41 Å². The van der Waals surface area contributed by atoms with Gasteiger partial charge in [0.1, 0.15) is 0 Å². The molecule has 0 aliphatic rings. The van der Waals surface area contributed by atoms with Crippen LogP contribution in [-0.4, -0.2) is 18.0 Å². The smallest absolute Gasteiger partial charge is 0.180 e. The van der Waals surface area contributed by atoms with Gasteiger partial charge in [-0.2, -0.15) is 0 Å². The molecule has 0 radical (unpaired) electrons. The minimum atomic E-state index is -0.913. The van der Waals surface area contributed by atoms with Gasteiger partial charge in [-0.3, -0.25) is 0 Å². The van der Waals surface area contributed by atoms with E-state index in [1.165, 1.54) is 0 Å². The summed E-state index contributed by atoms with van der Waals surface area (Å²) >= 11 is 0. The number of aliphatic hydroxyl groups excluding tert-OH is 1. The van der Waals surface area contributed by atoms with Crippen LogP contribution in [0.25, 0.3) is 0 Å². The monoisotopic (exact) mass is 224 g/mol. The highest BCUT2D eigenvalue weighted by Gasteiger charge is 2.12. The van der Waals surface area contributed by atoms with E-state index in [0.29, 0.717) is 12.2 Å². The Morgan fingerprint density at radius 3 is 2.31 bits per heavy atom. The molecule has 0 rings (SSSR count). The Balaban J connectivity index is 4.24. The Bertz CT molecular complexity index is 269. The molecule has 0 aliphatic carbocycles. The lowest BCUT2D eigenvalue weighted by atomic mass is 9.87. The molecule has 0 aromatic heterocycles. The lowest BCUT2D eigenvalue weighted by Gasteiger charge is -2.19. The first kappa shape index (κ1) is 15.1. The van der Waals surface area contributed by atoms with Gasteiger partial charge in [0.15, 0.2) is 6.29 Å². The van der Waals surface area contributed by atoms with Gasteiger partial charge in [-0.25, -0.2) is 0 Å². The van der Waals surface area contributed by atoms with Gasteiger partial charge in [0.2, 0.25) is 0 Å². The Hall–Kier alpha value is -0.860. The van der Waals surface area contributed by atoms with Gasteiger partial charge in [-0.05, 0) is 17.4 Å². The first-order valence-electron chi connectivity index (χ1n) is 5.65. The van der Waals surface area contributed by atoms with Crippen LogP contribution in [-0.2, 0) is 4.74 Å². The molecule has 2 heteroatoms. The van der Waals surface area contributed by atoms with Gasteiger partial charge in [0.05, 0.1) is 0 Å². The lowest BCUT2D eigenvalue weighted by Crippen LogP contribution is -2.14. The van der Waals surface area contributed by atoms with E-state index in [1.54, 1.807) is 6.08 Å². The van der Waals surface area contributed by atoms with Crippen molar-refractivity contribution >= 4 is 0 Å². The van der Waals surface area contributed by atoms with Crippen molar-refractivity contribution in [3.63, 3.8) is 0 Å². The number of ether oxygens (including phenoxy) is 1. The Labute approximate surface area is 99.3 Å². The van der Waals surface area contributed by atoms with Gasteiger partial charge in [0, 0.05) is 12.2 Å². The fourth-order valence-corrected chi connectivity index (χ4v) is 0.876. The third kappa shape index (κ3) is 5.89. The van der Waals surface area contributed by atoms with Crippen LogP contribution in [0.5, 0.6) is 0 Å². The molecule has 0 aromatic rings. The average Bonchev–Trinajstić information content (AvgIpc) is 2.20. The van der Waals surface area contributed by atoms with E-state index in [0.717, 1.165) is 12.0 Å². The van der Waals surface area contributed by atoms with Crippen LogP contribution in [0.15, 0.2) is 36.5 Å². The van der Waals surface area contributed by atoms with E-state index in [2.05, 4.69) is 33.9 Å². The van der Waals surface area contributed by atoms with Crippen molar-refractivity contribution in [2.24, 2.45) is 5.41 Å². The maximum Gasteiger partial charge on any atom is 0.180 e. The highest BCUT2D eigenvalue weighted by atomic mass is 16.6. The second-order valence-electron chi connectivity index (χ2n) is 4.91. The molecule has 1 atom stereocenters. The fraction of sp³-hybridized carbons (Fsp3) is 0.571. The minimum Gasteiger partial charge on any atom is -0.364 e. The van der Waals surface area contributed by atoms with Crippen LogP contribution in [0.4, 0.5) is 0 Å². The molecule has 0 amide bonds. The molecule has 1 N–H and O–H groups in total. The Kier molecular flexibility index (Phi) is 6.31. The lowest BCUT2D eigenvalue weighted by molar-refractivity contribution is -0.0692. The summed E-state index contributed by atoms with van der Waals surface area (Å²) < 4.78 is 5.15. The summed E-state index contributed by atoms with van der Waals surface area (Å²) in [5.41, 5.74) is 1.58. The molecular weight excluding hydrogens is 200 g/mol. The van der Waals surface area contributed by atoms with Crippen LogP contribution < -0.4 is 0 Å². The first-order valence-corrected chi connectivity index (χ1v) is 5.65. The van der Waals surface area contributed by atoms with Gasteiger partial charge in [0.25, 0.3) is 0 Å². The number of hydrogen-bond donors (Lipinski definition) is 1. The van der Waals surface area contributed by atoms with E-state index in [1.807, 2.05) is 13.0 Å². The van der Waals surface area contributed by atoms with Gasteiger partial charge < -0.3 is 9.84 Å².